The highest BCUT2D eigenvalue weighted by molar-refractivity contribution is 6.00. The molecule has 1 aromatic carbocycles. The van der Waals surface area contributed by atoms with Crippen molar-refractivity contribution in [2.45, 2.75) is 25.7 Å². The highest BCUT2D eigenvalue weighted by atomic mass is 19.4. The summed E-state index contributed by atoms with van der Waals surface area (Å²) in [6.07, 6.45) is -5.51. The van der Waals surface area contributed by atoms with Crippen molar-refractivity contribution in [3.63, 3.8) is 0 Å². The third kappa shape index (κ3) is 4.24. The maximum Gasteiger partial charge on any atom is 0.390 e. The van der Waals surface area contributed by atoms with Gasteiger partial charge in [-0.3, -0.25) is 9.48 Å². The number of carbonyl (C=O) groups excluding carboxylic acids is 2. The van der Waals surface area contributed by atoms with Crippen LogP contribution in [-0.4, -0.2) is 45.9 Å². The van der Waals surface area contributed by atoms with Crippen LogP contribution in [0.3, 0.4) is 0 Å². The van der Waals surface area contributed by atoms with Crippen molar-refractivity contribution in [2.24, 2.45) is 5.73 Å². The van der Waals surface area contributed by atoms with Gasteiger partial charge in [-0.15, -0.1) is 0 Å². The monoisotopic (exact) mass is 399 g/mol. The molecule has 11 heteroatoms. The summed E-state index contributed by atoms with van der Waals surface area (Å²) < 4.78 is 51.7. The fraction of sp³-hybridized carbons (Fsp3) is 0.353. The average molecular weight is 399 g/mol. The lowest BCUT2D eigenvalue weighted by Gasteiger charge is -2.28. The number of alkyl halides is 3. The molecule has 2 heterocycles. The summed E-state index contributed by atoms with van der Waals surface area (Å²) in [4.78, 5) is 25.4. The van der Waals surface area contributed by atoms with Crippen LogP contribution in [0, 0.1) is 5.82 Å². The Morgan fingerprint density at radius 1 is 1.25 bits per heavy atom. The zero-order valence-electron chi connectivity index (χ0n) is 14.6. The number of nitrogens with two attached hydrogens (primary N) is 1. The van der Waals surface area contributed by atoms with Crippen LogP contribution in [0.1, 0.15) is 22.5 Å². The fourth-order valence-electron chi connectivity index (χ4n) is 3.01. The first-order valence-corrected chi connectivity index (χ1v) is 8.40. The van der Waals surface area contributed by atoms with E-state index in [1.165, 1.54) is 27.8 Å². The Hall–Kier alpha value is -3.11. The van der Waals surface area contributed by atoms with Gasteiger partial charge in [-0.2, -0.15) is 18.3 Å². The molecule has 150 valence electrons. The minimum atomic E-state index is -4.37. The number of amides is 3. The van der Waals surface area contributed by atoms with Crippen molar-refractivity contribution in [3.8, 4) is 11.3 Å². The van der Waals surface area contributed by atoms with Crippen LogP contribution < -0.4 is 11.1 Å². The summed E-state index contributed by atoms with van der Waals surface area (Å²) in [5, 5.41) is 6.52. The van der Waals surface area contributed by atoms with E-state index in [-0.39, 0.29) is 30.9 Å². The number of hydrogen-bond acceptors (Lipinski definition) is 3. The lowest BCUT2D eigenvalue weighted by atomic mass is 10.0. The van der Waals surface area contributed by atoms with Gasteiger partial charge in [0.15, 0.2) is 0 Å². The predicted octanol–water partition coefficient (Wildman–Crippen LogP) is 2.27. The SMILES string of the molecule is NC(=O)c1c(-c2cccc(F)c2)nn2c1CN(C(=O)NCCC(F)(F)F)CC2. The number of benzene rings is 1. The molecule has 2 aromatic rings. The summed E-state index contributed by atoms with van der Waals surface area (Å²) in [5.74, 6) is -1.30. The van der Waals surface area contributed by atoms with E-state index in [0.29, 0.717) is 11.3 Å². The van der Waals surface area contributed by atoms with Gasteiger partial charge in [-0.25, -0.2) is 9.18 Å². The third-order valence-electron chi connectivity index (χ3n) is 4.30. The second-order valence-electron chi connectivity index (χ2n) is 6.29. The molecule has 0 spiro atoms. The molecule has 0 atom stereocenters. The van der Waals surface area contributed by atoms with Crippen molar-refractivity contribution in [1.82, 2.24) is 20.0 Å². The van der Waals surface area contributed by atoms with Crippen LogP contribution in [0.25, 0.3) is 11.3 Å². The first kappa shape index (κ1) is 19.6. The Bertz CT molecular complexity index is 909. The molecule has 0 bridgehead atoms. The molecule has 0 saturated heterocycles. The smallest absolute Gasteiger partial charge is 0.365 e. The number of fused-ring (bicyclic) bond motifs is 1. The lowest BCUT2D eigenvalue weighted by molar-refractivity contribution is -0.133. The van der Waals surface area contributed by atoms with Gasteiger partial charge in [0.25, 0.3) is 5.91 Å². The molecule has 0 radical (unpaired) electrons. The summed E-state index contributed by atoms with van der Waals surface area (Å²) >= 11 is 0. The molecule has 3 N–H and O–H groups in total. The van der Waals surface area contributed by atoms with Crippen LogP contribution in [0.4, 0.5) is 22.4 Å². The number of rotatable bonds is 4. The molecule has 1 aromatic heterocycles. The Morgan fingerprint density at radius 3 is 2.64 bits per heavy atom. The van der Waals surface area contributed by atoms with Crippen LogP contribution in [0.2, 0.25) is 0 Å². The average Bonchev–Trinajstić information content (AvgIpc) is 2.99. The number of nitrogens with one attached hydrogen (secondary N) is 1. The largest absolute Gasteiger partial charge is 0.390 e. The van der Waals surface area contributed by atoms with Gasteiger partial charge in [-0.05, 0) is 12.1 Å². The lowest BCUT2D eigenvalue weighted by Crippen LogP contribution is -2.45. The van der Waals surface area contributed by atoms with Crippen LogP contribution in [0.5, 0.6) is 0 Å². The summed E-state index contributed by atoms with van der Waals surface area (Å²) in [6.45, 7) is -0.196. The minimum Gasteiger partial charge on any atom is -0.365 e. The van der Waals surface area contributed by atoms with Gasteiger partial charge in [0.2, 0.25) is 0 Å². The maximum atomic E-state index is 13.5. The van der Waals surface area contributed by atoms with Gasteiger partial charge >= 0.3 is 12.2 Å². The van der Waals surface area contributed by atoms with E-state index in [2.05, 4.69) is 10.4 Å². The van der Waals surface area contributed by atoms with E-state index in [1.807, 2.05) is 0 Å². The fourth-order valence-corrected chi connectivity index (χ4v) is 3.01. The Morgan fingerprint density at radius 2 is 2.00 bits per heavy atom. The number of primary amides is 1. The second kappa shape index (κ2) is 7.49. The first-order chi connectivity index (χ1) is 13.2. The number of hydrogen-bond donors (Lipinski definition) is 2. The van der Waals surface area contributed by atoms with Crippen molar-refractivity contribution in [1.29, 1.82) is 0 Å². The summed E-state index contributed by atoms with van der Waals surface area (Å²) in [7, 11) is 0. The molecular formula is C17H17F4N5O2. The topological polar surface area (TPSA) is 93.2 Å². The molecule has 3 amide bonds. The molecule has 0 saturated carbocycles. The van der Waals surface area contributed by atoms with Gasteiger partial charge in [0.05, 0.1) is 30.8 Å². The highest BCUT2D eigenvalue weighted by Gasteiger charge is 2.31. The minimum absolute atomic E-state index is 0.0541. The third-order valence-corrected chi connectivity index (χ3v) is 4.30. The standard InChI is InChI=1S/C17H17F4N5O2/c18-11-3-1-2-10(8-11)14-13(15(22)27)12-9-25(6-7-26(12)24-14)16(28)23-5-4-17(19,20)21/h1-3,8H,4-7,9H2,(H2,22,27)(H,23,28). The van der Waals surface area contributed by atoms with Gasteiger partial charge < -0.3 is 16.0 Å². The van der Waals surface area contributed by atoms with E-state index in [9.17, 15) is 27.2 Å². The van der Waals surface area contributed by atoms with E-state index < -0.39 is 36.9 Å². The molecule has 0 unspecified atom stereocenters. The normalized spacial score (nSPS) is 13.9. The second-order valence-corrected chi connectivity index (χ2v) is 6.29. The molecule has 28 heavy (non-hydrogen) atoms. The van der Waals surface area contributed by atoms with Crippen LogP contribution >= 0.6 is 0 Å². The van der Waals surface area contributed by atoms with Crippen LogP contribution in [0.15, 0.2) is 24.3 Å². The molecule has 7 nitrogen and oxygen atoms in total. The zero-order chi connectivity index (χ0) is 20.5. The highest BCUT2D eigenvalue weighted by Crippen LogP contribution is 2.28. The number of nitrogens with zero attached hydrogens (tertiary/aromatic N) is 3. The zero-order valence-corrected chi connectivity index (χ0v) is 14.6. The van der Waals surface area contributed by atoms with Crippen molar-refractivity contribution >= 4 is 11.9 Å². The van der Waals surface area contributed by atoms with Gasteiger partial charge in [0, 0.05) is 18.7 Å². The predicted molar refractivity (Wildman–Crippen MR) is 90.6 cm³/mol. The van der Waals surface area contributed by atoms with Crippen molar-refractivity contribution in [3.05, 3.63) is 41.3 Å². The number of halogens is 4. The Balaban J connectivity index is 1.82. The quantitative estimate of drug-likeness (QED) is 0.773. The summed E-state index contributed by atoms with van der Waals surface area (Å²) in [6, 6.07) is 4.82. The summed E-state index contributed by atoms with van der Waals surface area (Å²) in [5.41, 5.74) is 6.44. The molecule has 0 fully saturated rings. The van der Waals surface area contributed by atoms with E-state index >= 15 is 0 Å². The molecule has 0 aliphatic carbocycles. The number of aromatic nitrogens is 2. The van der Waals surface area contributed by atoms with E-state index in [1.54, 1.807) is 6.07 Å². The number of urea groups is 1. The molecule has 1 aliphatic heterocycles. The first-order valence-electron chi connectivity index (χ1n) is 8.40. The Kier molecular flexibility index (Phi) is 5.25. The Labute approximate surface area is 157 Å². The van der Waals surface area contributed by atoms with Gasteiger partial charge in [0.1, 0.15) is 11.5 Å². The maximum absolute atomic E-state index is 13.5. The molecule has 1 aliphatic rings. The molecular weight excluding hydrogens is 382 g/mol. The number of carbonyl (C=O) groups is 2. The van der Waals surface area contributed by atoms with Crippen molar-refractivity contribution < 1.29 is 27.2 Å². The van der Waals surface area contributed by atoms with E-state index in [0.717, 1.165) is 0 Å². The van der Waals surface area contributed by atoms with Crippen LogP contribution in [-0.2, 0) is 13.1 Å². The van der Waals surface area contributed by atoms with E-state index in [4.69, 9.17) is 5.73 Å². The molecule has 3 rings (SSSR count). The van der Waals surface area contributed by atoms with Crippen molar-refractivity contribution in [2.75, 3.05) is 13.1 Å². The van der Waals surface area contributed by atoms with Gasteiger partial charge in [-0.1, -0.05) is 12.1 Å².